The minimum Gasteiger partial charge on any atom is -0.495 e. The van der Waals surface area contributed by atoms with E-state index in [4.69, 9.17) is 9.47 Å². The van der Waals surface area contributed by atoms with Gasteiger partial charge < -0.3 is 19.5 Å². The summed E-state index contributed by atoms with van der Waals surface area (Å²) in [5.74, 6) is -0.0445. The Kier molecular flexibility index (Phi) is 9.22. The van der Waals surface area contributed by atoms with E-state index in [0.717, 1.165) is 5.69 Å². The fourth-order valence-electron chi connectivity index (χ4n) is 4.10. The average Bonchev–Trinajstić information content (AvgIpc) is 3.30. The van der Waals surface area contributed by atoms with Gasteiger partial charge in [-0.1, -0.05) is 24.3 Å². The van der Waals surface area contributed by atoms with E-state index in [0.29, 0.717) is 25.9 Å². The van der Waals surface area contributed by atoms with Crippen molar-refractivity contribution in [2.45, 2.75) is 56.9 Å². The molecule has 1 aliphatic heterocycles. The van der Waals surface area contributed by atoms with Crippen LogP contribution in [0, 0.1) is 5.92 Å². The number of benzene rings is 1. The fourth-order valence-corrected chi connectivity index (χ4v) is 5.43. The highest BCUT2D eigenvalue weighted by atomic mass is 32.2. The van der Waals surface area contributed by atoms with Crippen molar-refractivity contribution in [1.82, 2.24) is 24.2 Å². The highest BCUT2D eigenvalue weighted by Gasteiger charge is 2.32. The molecule has 2 heterocycles. The van der Waals surface area contributed by atoms with E-state index in [9.17, 15) is 18.3 Å². The highest BCUT2D eigenvalue weighted by molar-refractivity contribution is 7.89. The molecule has 1 N–H and O–H groups in total. The molecule has 35 heavy (non-hydrogen) atoms. The van der Waals surface area contributed by atoms with Crippen molar-refractivity contribution in [3.8, 4) is 5.75 Å². The smallest absolute Gasteiger partial charge is 0.246 e. The second kappa shape index (κ2) is 11.9. The number of aliphatic hydroxyl groups excluding tert-OH is 1. The van der Waals surface area contributed by atoms with Gasteiger partial charge in [0.1, 0.15) is 10.6 Å². The first-order valence-corrected chi connectivity index (χ1v) is 13.1. The zero-order chi connectivity index (χ0) is 25.6. The van der Waals surface area contributed by atoms with Gasteiger partial charge in [-0.25, -0.2) is 13.1 Å². The molecule has 11 nitrogen and oxygen atoms in total. The normalized spacial score (nSPS) is 21.2. The molecule has 194 valence electrons. The Morgan fingerprint density at radius 3 is 2.80 bits per heavy atom. The SMILES string of the molecule is COc1ccccc1S(=O)(=O)N(C)C[C@H]1OCc2cnnn2CCCC(=O)N([C@@H](C)CO)C[C@H]1C. The molecule has 0 saturated heterocycles. The molecule has 1 aliphatic rings. The largest absolute Gasteiger partial charge is 0.495 e. The van der Waals surface area contributed by atoms with Gasteiger partial charge in [0.15, 0.2) is 0 Å². The van der Waals surface area contributed by atoms with Crippen LogP contribution in [-0.4, -0.2) is 89.6 Å². The molecule has 0 fully saturated rings. The first-order chi connectivity index (χ1) is 16.7. The Morgan fingerprint density at radius 1 is 1.34 bits per heavy atom. The first kappa shape index (κ1) is 27.1. The van der Waals surface area contributed by atoms with Gasteiger partial charge in [0.05, 0.1) is 44.4 Å². The molecule has 1 aromatic carbocycles. The number of ether oxygens (including phenoxy) is 2. The summed E-state index contributed by atoms with van der Waals surface area (Å²) in [7, 11) is -0.945. The Labute approximate surface area is 206 Å². The van der Waals surface area contributed by atoms with Crippen molar-refractivity contribution in [3.05, 3.63) is 36.2 Å². The molecule has 0 radical (unpaired) electrons. The number of rotatable bonds is 7. The Morgan fingerprint density at radius 2 is 2.09 bits per heavy atom. The van der Waals surface area contributed by atoms with Crippen molar-refractivity contribution in [3.63, 3.8) is 0 Å². The maximum absolute atomic E-state index is 13.4. The quantitative estimate of drug-likeness (QED) is 0.589. The molecular formula is C23H35N5O6S. The Balaban J connectivity index is 1.89. The minimum absolute atomic E-state index is 0.0542. The predicted molar refractivity (Wildman–Crippen MR) is 128 cm³/mol. The van der Waals surface area contributed by atoms with E-state index in [1.807, 2.05) is 6.92 Å². The first-order valence-electron chi connectivity index (χ1n) is 11.7. The van der Waals surface area contributed by atoms with Crippen molar-refractivity contribution >= 4 is 15.9 Å². The van der Waals surface area contributed by atoms with Crippen molar-refractivity contribution < 1.29 is 27.8 Å². The number of aryl methyl sites for hydroxylation is 1. The molecule has 1 amide bonds. The molecule has 0 bridgehead atoms. The second-order valence-corrected chi connectivity index (χ2v) is 10.9. The molecular weight excluding hydrogens is 474 g/mol. The van der Waals surface area contributed by atoms with Gasteiger partial charge in [-0.05, 0) is 25.5 Å². The predicted octanol–water partition coefficient (Wildman–Crippen LogP) is 1.13. The number of fused-ring (bicyclic) bond motifs is 1. The summed E-state index contributed by atoms with van der Waals surface area (Å²) in [5, 5.41) is 17.8. The molecule has 0 spiro atoms. The van der Waals surface area contributed by atoms with Gasteiger partial charge in [0.2, 0.25) is 15.9 Å². The number of para-hydroxylation sites is 1. The third kappa shape index (κ3) is 6.37. The van der Waals surface area contributed by atoms with Crippen LogP contribution in [0.3, 0.4) is 0 Å². The standard InChI is InChI=1S/C23H35N5O6S/c1-17-13-27(18(2)15-29)23(30)10-7-11-28-19(12-24-25-28)16-34-21(17)14-26(3)35(31,32)22-9-6-5-8-20(22)33-4/h5-6,8-9,12,17-18,21,29H,7,10-11,13-16H2,1-4H3/t17-,18+,21-/m1/s1. The van der Waals surface area contributed by atoms with Gasteiger partial charge >= 0.3 is 0 Å². The second-order valence-electron chi connectivity index (χ2n) is 8.89. The van der Waals surface area contributed by atoms with Crippen LogP contribution in [0.2, 0.25) is 0 Å². The summed E-state index contributed by atoms with van der Waals surface area (Å²) in [6, 6.07) is 6.09. The van der Waals surface area contributed by atoms with Gasteiger partial charge in [-0.3, -0.25) is 4.79 Å². The lowest BCUT2D eigenvalue weighted by Crippen LogP contribution is -2.47. The summed E-state index contributed by atoms with van der Waals surface area (Å²) >= 11 is 0. The highest BCUT2D eigenvalue weighted by Crippen LogP contribution is 2.27. The molecule has 2 aromatic rings. The van der Waals surface area contributed by atoms with E-state index in [1.54, 1.807) is 40.9 Å². The summed E-state index contributed by atoms with van der Waals surface area (Å²) in [6.45, 7) is 4.63. The van der Waals surface area contributed by atoms with Gasteiger partial charge in [-0.15, -0.1) is 5.10 Å². The van der Waals surface area contributed by atoms with E-state index >= 15 is 0 Å². The zero-order valence-electron chi connectivity index (χ0n) is 20.7. The van der Waals surface area contributed by atoms with Crippen molar-refractivity contribution in [2.75, 3.05) is 33.9 Å². The van der Waals surface area contributed by atoms with Crippen LogP contribution in [0.5, 0.6) is 5.75 Å². The molecule has 0 unspecified atom stereocenters. The van der Waals surface area contributed by atoms with Gasteiger partial charge in [0, 0.05) is 39.0 Å². The Hall–Kier alpha value is -2.54. The van der Waals surface area contributed by atoms with Crippen LogP contribution >= 0.6 is 0 Å². The van der Waals surface area contributed by atoms with Gasteiger partial charge in [0.25, 0.3) is 0 Å². The number of methoxy groups -OCH3 is 1. The number of nitrogens with zero attached hydrogens (tertiary/aromatic N) is 5. The summed E-state index contributed by atoms with van der Waals surface area (Å²) in [6.07, 6.45) is 1.96. The molecule has 3 rings (SSSR count). The average molecular weight is 510 g/mol. The maximum Gasteiger partial charge on any atom is 0.246 e. The lowest BCUT2D eigenvalue weighted by atomic mass is 10.0. The third-order valence-corrected chi connectivity index (χ3v) is 8.20. The van der Waals surface area contributed by atoms with E-state index < -0.39 is 16.1 Å². The van der Waals surface area contributed by atoms with Crippen LogP contribution in [0.1, 0.15) is 32.4 Å². The number of aliphatic hydroxyl groups is 1. The number of hydrogen-bond acceptors (Lipinski definition) is 8. The number of sulfonamides is 1. The zero-order valence-corrected chi connectivity index (χ0v) is 21.5. The molecule has 0 saturated carbocycles. The number of likely N-dealkylation sites (N-methyl/N-ethyl adjacent to an activating group) is 1. The molecule has 12 heteroatoms. The van der Waals surface area contributed by atoms with E-state index in [1.165, 1.54) is 24.5 Å². The van der Waals surface area contributed by atoms with Crippen LogP contribution in [0.25, 0.3) is 0 Å². The minimum atomic E-state index is -3.87. The molecule has 0 aliphatic carbocycles. The maximum atomic E-state index is 13.4. The van der Waals surface area contributed by atoms with Gasteiger partial charge in [-0.2, -0.15) is 4.31 Å². The van der Waals surface area contributed by atoms with Crippen molar-refractivity contribution in [2.24, 2.45) is 5.92 Å². The summed E-state index contributed by atoms with van der Waals surface area (Å²) in [4.78, 5) is 14.7. The van der Waals surface area contributed by atoms with E-state index in [2.05, 4.69) is 10.3 Å². The number of amides is 1. The third-order valence-electron chi connectivity index (χ3n) is 6.33. The van der Waals surface area contributed by atoms with E-state index in [-0.39, 0.29) is 48.3 Å². The summed E-state index contributed by atoms with van der Waals surface area (Å²) < 4.78 is 41.2. The Bertz CT molecular complexity index is 1090. The van der Waals surface area contributed by atoms with Crippen LogP contribution < -0.4 is 4.74 Å². The topological polar surface area (TPSA) is 127 Å². The number of hydrogen-bond donors (Lipinski definition) is 1. The monoisotopic (exact) mass is 509 g/mol. The van der Waals surface area contributed by atoms with Crippen molar-refractivity contribution in [1.29, 1.82) is 0 Å². The molecule has 3 atom stereocenters. The van der Waals surface area contributed by atoms with Crippen LogP contribution in [-0.2, 0) is 32.7 Å². The van der Waals surface area contributed by atoms with Crippen LogP contribution in [0.4, 0.5) is 0 Å². The number of carbonyl (C=O) groups is 1. The number of carbonyl (C=O) groups excluding carboxylic acids is 1. The summed E-state index contributed by atoms with van der Waals surface area (Å²) in [5.41, 5.74) is 0.756. The molecule has 1 aromatic heterocycles. The lowest BCUT2D eigenvalue weighted by Gasteiger charge is -2.35. The van der Waals surface area contributed by atoms with Crippen LogP contribution in [0.15, 0.2) is 35.4 Å². The lowest BCUT2D eigenvalue weighted by molar-refractivity contribution is -0.136. The fraction of sp³-hybridized carbons (Fsp3) is 0.609. The number of aromatic nitrogens is 3.